The molecule has 0 heterocycles. The normalized spacial score (nSPS) is 28.2. The Bertz CT molecular complexity index is 416. The highest BCUT2D eigenvalue weighted by atomic mass is 16.5. The lowest BCUT2D eigenvalue weighted by molar-refractivity contribution is 0.0988. The van der Waals surface area contributed by atoms with Crippen molar-refractivity contribution in [3.05, 3.63) is 29.8 Å². The zero-order valence-corrected chi connectivity index (χ0v) is 13.1. The summed E-state index contributed by atoms with van der Waals surface area (Å²) in [5.41, 5.74) is 1.46. The summed E-state index contributed by atoms with van der Waals surface area (Å²) in [5, 5.41) is 0. The lowest BCUT2D eigenvalue weighted by Gasteiger charge is -2.33. The van der Waals surface area contributed by atoms with E-state index in [1.165, 1.54) is 24.8 Å². The first-order valence-corrected chi connectivity index (χ1v) is 7.64. The molecule has 1 fully saturated rings. The number of ether oxygens (including phenoxy) is 1. The van der Waals surface area contributed by atoms with Crippen LogP contribution in [0.5, 0.6) is 5.75 Å². The number of hydrogen-bond donors (Lipinski definition) is 0. The summed E-state index contributed by atoms with van der Waals surface area (Å²) in [5.74, 6) is 2.71. The molecule has 2 rings (SSSR count). The second-order valence-corrected chi connectivity index (χ2v) is 7.25. The second kappa shape index (κ2) is 5.56. The third kappa shape index (κ3) is 3.52. The largest absolute Gasteiger partial charge is 0.490 e. The molecule has 0 aromatic heterocycles. The van der Waals surface area contributed by atoms with E-state index in [-0.39, 0.29) is 5.41 Å². The Labute approximate surface area is 118 Å². The van der Waals surface area contributed by atoms with Gasteiger partial charge in [-0.05, 0) is 48.1 Å². The molecule has 1 aromatic carbocycles. The summed E-state index contributed by atoms with van der Waals surface area (Å²) >= 11 is 0. The molecular formula is C18H28O. The standard InChI is InChI=1S/C18H28O/c1-13-10-11-15(12-14(13)2)19-17-9-7-6-8-16(17)18(3,4)5/h6-9,13-15H,10-12H2,1-5H3. The lowest BCUT2D eigenvalue weighted by atomic mass is 9.80. The average molecular weight is 260 g/mol. The van der Waals surface area contributed by atoms with Crippen molar-refractivity contribution in [2.45, 2.75) is 65.4 Å². The Morgan fingerprint density at radius 2 is 1.68 bits per heavy atom. The molecule has 3 atom stereocenters. The van der Waals surface area contributed by atoms with Crippen molar-refractivity contribution in [3.8, 4) is 5.75 Å². The van der Waals surface area contributed by atoms with Crippen molar-refractivity contribution >= 4 is 0 Å². The van der Waals surface area contributed by atoms with E-state index >= 15 is 0 Å². The van der Waals surface area contributed by atoms with E-state index in [1.54, 1.807) is 0 Å². The van der Waals surface area contributed by atoms with Gasteiger partial charge < -0.3 is 4.74 Å². The molecule has 1 nitrogen and oxygen atoms in total. The van der Waals surface area contributed by atoms with Crippen LogP contribution in [0.4, 0.5) is 0 Å². The summed E-state index contributed by atoms with van der Waals surface area (Å²) < 4.78 is 6.33. The van der Waals surface area contributed by atoms with Crippen LogP contribution in [0.2, 0.25) is 0 Å². The molecule has 1 aromatic rings. The highest BCUT2D eigenvalue weighted by molar-refractivity contribution is 5.38. The van der Waals surface area contributed by atoms with Gasteiger partial charge in [0, 0.05) is 0 Å². The Balaban J connectivity index is 2.12. The lowest BCUT2D eigenvalue weighted by Crippen LogP contribution is -2.29. The van der Waals surface area contributed by atoms with Gasteiger partial charge in [-0.1, -0.05) is 52.8 Å². The van der Waals surface area contributed by atoms with Gasteiger partial charge in [-0.3, -0.25) is 0 Å². The Kier molecular flexibility index (Phi) is 4.23. The minimum absolute atomic E-state index is 0.143. The van der Waals surface area contributed by atoms with Gasteiger partial charge in [-0.2, -0.15) is 0 Å². The maximum atomic E-state index is 6.33. The van der Waals surface area contributed by atoms with Gasteiger partial charge in [0.05, 0.1) is 6.10 Å². The number of rotatable bonds is 2. The third-order valence-corrected chi connectivity index (χ3v) is 4.54. The van der Waals surface area contributed by atoms with E-state index in [1.807, 2.05) is 0 Å². The molecule has 0 spiro atoms. The first-order valence-electron chi connectivity index (χ1n) is 7.64. The number of para-hydroxylation sites is 1. The molecule has 1 aliphatic rings. The highest BCUT2D eigenvalue weighted by Gasteiger charge is 2.27. The van der Waals surface area contributed by atoms with E-state index in [0.717, 1.165) is 17.6 Å². The molecule has 0 amide bonds. The average Bonchev–Trinajstić information content (AvgIpc) is 2.33. The van der Waals surface area contributed by atoms with Crippen LogP contribution in [0, 0.1) is 11.8 Å². The van der Waals surface area contributed by atoms with Crippen LogP contribution in [-0.2, 0) is 5.41 Å². The van der Waals surface area contributed by atoms with Crippen molar-refractivity contribution in [2.24, 2.45) is 11.8 Å². The van der Waals surface area contributed by atoms with Crippen LogP contribution in [0.15, 0.2) is 24.3 Å². The molecule has 0 bridgehead atoms. The summed E-state index contributed by atoms with van der Waals surface area (Å²) in [7, 11) is 0. The second-order valence-electron chi connectivity index (χ2n) is 7.25. The van der Waals surface area contributed by atoms with Crippen molar-refractivity contribution in [1.82, 2.24) is 0 Å². The fraction of sp³-hybridized carbons (Fsp3) is 0.667. The van der Waals surface area contributed by atoms with E-state index in [0.29, 0.717) is 6.10 Å². The Morgan fingerprint density at radius 3 is 2.32 bits per heavy atom. The molecular weight excluding hydrogens is 232 g/mol. The van der Waals surface area contributed by atoms with Gasteiger partial charge >= 0.3 is 0 Å². The monoisotopic (exact) mass is 260 g/mol. The van der Waals surface area contributed by atoms with Crippen molar-refractivity contribution in [1.29, 1.82) is 0 Å². The molecule has 3 unspecified atom stereocenters. The SMILES string of the molecule is CC1CCC(Oc2ccccc2C(C)(C)C)CC1C. The van der Waals surface area contributed by atoms with Gasteiger partial charge in [0.2, 0.25) is 0 Å². The fourth-order valence-electron chi connectivity index (χ4n) is 2.97. The van der Waals surface area contributed by atoms with Crippen LogP contribution in [0.25, 0.3) is 0 Å². The van der Waals surface area contributed by atoms with E-state index in [4.69, 9.17) is 4.74 Å². The predicted molar refractivity (Wildman–Crippen MR) is 81.7 cm³/mol. The van der Waals surface area contributed by atoms with Gasteiger partial charge in [0.1, 0.15) is 5.75 Å². The van der Waals surface area contributed by atoms with Gasteiger partial charge in [0.15, 0.2) is 0 Å². The van der Waals surface area contributed by atoms with Crippen molar-refractivity contribution in [2.75, 3.05) is 0 Å². The van der Waals surface area contributed by atoms with E-state index < -0.39 is 0 Å². The summed E-state index contributed by atoms with van der Waals surface area (Å²) in [6, 6.07) is 8.52. The first kappa shape index (κ1) is 14.4. The third-order valence-electron chi connectivity index (χ3n) is 4.54. The quantitative estimate of drug-likeness (QED) is 0.711. The van der Waals surface area contributed by atoms with Crippen molar-refractivity contribution < 1.29 is 4.74 Å². The highest BCUT2D eigenvalue weighted by Crippen LogP contribution is 2.35. The van der Waals surface area contributed by atoms with Crippen LogP contribution in [0.3, 0.4) is 0 Å². The van der Waals surface area contributed by atoms with Crippen molar-refractivity contribution in [3.63, 3.8) is 0 Å². The number of benzene rings is 1. The molecule has 1 aliphatic carbocycles. The van der Waals surface area contributed by atoms with E-state index in [2.05, 4.69) is 58.9 Å². The number of hydrogen-bond acceptors (Lipinski definition) is 1. The van der Waals surface area contributed by atoms with E-state index in [9.17, 15) is 0 Å². The van der Waals surface area contributed by atoms with Crippen LogP contribution in [-0.4, -0.2) is 6.10 Å². The van der Waals surface area contributed by atoms with Gasteiger partial charge in [-0.25, -0.2) is 0 Å². The van der Waals surface area contributed by atoms with Gasteiger partial charge in [-0.15, -0.1) is 0 Å². The smallest absolute Gasteiger partial charge is 0.123 e. The minimum atomic E-state index is 0.143. The molecule has 1 saturated carbocycles. The molecule has 1 heteroatoms. The summed E-state index contributed by atoms with van der Waals surface area (Å²) in [4.78, 5) is 0. The molecule has 0 aliphatic heterocycles. The summed E-state index contributed by atoms with van der Waals surface area (Å²) in [6.45, 7) is 11.5. The predicted octanol–water partition coefficient (Wildman–Crippen LogP) is 5.19. The zero-order chi connectivity index (χ0) is 14.0. The zero-order valence-electron chi connectivity index (χ0n) is 13.1. The topological polar surface area (TPSA) is 9.23 Å². The minimum Gasteiger partial charge on any atom is -0.490 e. The molecule has 0 radical (unpaired) electrons. The Morgan fingerprint density at radius 1 is 1.00 bits per heavy atom. The van der Waals surface area contributed by atoms with Crippen LogP contribution >= 0.6 is 0 Å². The van der Waals surface area contributed by atoms with Gasteiger partial charge in [0.25, 0.3) is 0 Å². The maximum Gasteiger partial charge on any atom is 0.123 e. The molecule has 106 valence electrons. The van der Waals surface area contributed by atoms with Crippen LogP contribution < -0.4 is 4.74 Å². The van der Waals surface area contributed by atoms with Crippen LogP contribution in [0.1, 0.15) is 59.4 Å². The first-order chi connectivity index (χ1) is 8.88. The molecule has 19 heavy (non-hydrogen) atoms. The Hall–Kier alpha value is -0.980. The molecule has 0 N–H and O–H groups in total. The maximum absolute atomic E-state index is 6.33. The fourth-order valence-corrected chi connectivity index (χ4v) is 2.97. The summed E-state index contributed by atoms with van der Waals surface area (Å²) in [6.07, 6.45) is 4.09. The molecule has 0 saturated heterocycles.